The number of aliphatic hydroxyl groups excluding tert-OH is 1. The third-order valence-corrected chi connectivity index (χ3v) is 19.0. The molecule has 0 amide bonds. The average molecular weight is 1340 g/mol. The molecule has 0 spiro atoms. The maximum Gasteiger partial charge on any atom is 0.472 e. The second kappa shape index (κ2) is 64.1. The van der Waals surface area contributed by atoms with Crippen LogP contribution in [0.1, 0.15) is 369 Å². The summed E-state index contributed by atoms with van der Waals surface area (Å²) in [6.07, 6.45) is 49.7. The van der Waals surface area contributed by atoms with Gasteiger partial charge in [0.1, 0.15) is 19.3 Å². The summed E-state index contributed by atoms with van der Waals surface area (Å²) in [5, 5.41) is 10.6. The molecule has 0 heterocycles. The van der Waals surface area contributed by atoms with Crippen LogP contribution < -0.4 is 0 Å². The third kappa shape index (κ3) is 65.1. The first-order valence-electron chi connectivity index (χ1n) is 37.5. The highest BCUT2D eigenvalue weighted by Crippen LogP contribution is 2.45. The molecular formula is C72H140O17P2. The Labute approximate surface area is 556 Å². The lowest BCUT2D eigenvalue weighted by molar-refractivity contribution is -0.161. The molecule has 0 aromatic heterocycles. The quantitative estimate of drug-likeness (QED) is 0.0222. The fourth-order valence-electron chi connectivity index (χ4n) is 10.9. The molecule has 3 unspecified atom stereocenters. The van der Waals surface area contributed by atoms with E-state index in [2.05, 4.69) is 41.5 Å². The van der Waals surface area contributed by atoms with Crippen molar-refractivity contribution in [3.8, 4) is 0 Å². The van der Waals surface area contributed by atoms with Crippen molar-refractivity contribution in [3.63, 3.8) is 0 Å². The normalized spacial score (nSPS) is 14.4. The molecule has 17 nitrogen and oxygen atoms in total. The van der Waals surface area contributed by atoms with Gasteiger partial charge in [0.2, 0.25) is 0 Å². The lowest BCUT2D eigenvalue weighted by Gasteiger charge is -2.21. The van der Waals surface area contributed by atoms with Gasteiger partial charge < -0.3 is 33.8 Å². The molecule has 0 radical (unpaired) electrons. The van der Waals surface area contributed by atoms with E-state index in [0.717, 1.165) is 102 Å². The lowest BCUT2D eigenvalue weighted by Crippen LogP contribution is -2.30. The molecule has 0 fully saturated rings. The number of carbonyl (C=O) groups excluding carboxylic acids is 4. The number of aliphatic hydroxyl groups is 1. The van der Waals surface area contributed by atoms with Crippen LogP contribution in [-0.4, -0.2) is 96.7 Å². The van der Waals surface area contributed by atoms with Gasteiger partial charge in [0.25, 0.3) is 0 Å². The fourth-order valence-corrected chi connectivity index (χ4v) is 12.5. The van der Waals surface area contributed by atoms with Crippen LogP contribution in [0.15, 0.2) is 0 Å². The predicted molar refractivity (Wildman–Crippen MR) is 368 cm³/mol. The van der Waals surface area contributed by atoms with Crippen LogP contribution in [0.25, 0.3) is 0 Å². The Morgan fingerprint density at radius 1 is 0.319 bits per heavy atom. The van der Waals surface area contributed by atoms with Gasteiger partial charge in [0.15, 0.2) is 12.2 Å². The van der Waals surface area contributed by atoms with Crippen molar-refractivity contribution >= 4 is 39.5 Å². The van der Waals surface area contributed by atoms with E-state index in [-0.39, 0.29) is 25.7 Å². The van der Waals surface area contributed by atoms with E-state index in [1.807, 2.05) is 0 Å². The van der Waals surface area contributed by atoms with Gasteiger partial charge in [-0.3, -0.25) is 37.3 Å². The molecule has 0 saturated heterocycles. The summed E-state index contributed by atoms with van der Waals surface area (Å²) in [6.45, 7) is 9.60. The first-order chi connectivity index (χ1) is 43.9. The third-order valence-electron chi connectivity index (χ3n) is 17.1. The molecule has 91 heavy (non-hydrogen) atoms. The minimum Gasteiger partial charge on any atom is -0.462 e. The molecule has 0 saturated carbocycles. The molecule has 0 bridgehead atoms. The van der Waals surface area contributed by atoms with Crippen LogP contribution in [0.5, 0.6) is 0 Å². The predicted octanol–water partition coefficient (Wildman–Crippen LogP) is 20.8. The van der Waals surface area contributed by atoms with E-state index in [4.69, 9.17) is 37.0 Å². The van der Waals surface area contributed by atoms with Crippen molar-refractivity contribution in [3.05, 3.63) is 0 Å². The standard InChI is InChI=1S/C72H140O17P2/c1-7-10-12-14-16-18-20-24-32-38-44-50-56-71(76)88-67(60-82-69(74)54-48-42-36-30-19-17-15-13-11-8-2)62-86-90(78,79)84-58-66(73)59-85-91(80,81)87-63-68(61-83-70(75)55-49-43-37-31-27-26-29-35-41-47-53-65(6)9-3)89-72(77)57-51-45-39-33-25-22-21-23-28-34-40-46-52-64(4)5/h64-68,73H,7-63H2,1-6H3,(H,78,79)(H,80,81)/t65?,66-,67+,68+/m0/s1. The number of carbonyl (C=O) groups is 4. The average Bonchev–Trinajstić information content (AvgIpc) is 3.68. The molecular weight excluding hydrogens is 1200 g/mol. The Morgan fingerprint density at radius 2 is 0.560 bits per heavy atom. The molecule has 0 aliphatic rings. The highest BCUT2D eigenvalue weighted by atomic mass is 31.2. The molecule has 19 heteroatoms. The van der Waals surface area contributed by atoms with Crippen molar-refractivity contribution in [2.24, 2.45) is 11.8 Å². The summed E-state index contributed by atoms with van der Waals surface area (Å²) in [7, 11) is -9.90. The number of esters is 4. The summed E-state index contributed by atoms with van der Waals surface area (Å²) in [5.41, 5.74) is 0. The summed E-state index contributed by atoms with van der Waals surface area (Å²) >= 11 is 0. The molecule has 0 aromatic rings. The fraction of sp³-hybridized carbons (Fsp3) is 0.944. The van der Waals surface area contributed by atoms with Crippen molar-refractivity contribution in [1.82, 2.24) is 0 Å². The summed E-state index contributed by atoms with van der Waals surface area (Å²) in [4.78, 5) is 72.6. The van der Waals surface area contributed by atoms with Crippen molar-refractivity contribution in [1.29, 1.82) is 0 Å². The molecule has 0 rings (SSSR count). The molecule has 6 atom stereocenters. The topological polar surface area (TPSA) is 237 Å². The first-order valence-corrected chi connectivity index (χ1v) is 40.5. The second-order valence-corrected chi connectivity index (χ2v) is 29.6. The summed E-state index contributed by atoms with van der Waals surface area (Å²) in [5.74, 6) is -0.533. The largest absolute Gasteiger partial charge is 0.472 e. The second-order valence-electron chi connectivity index (χ2n) is 26.7. The molecule has 0 aliphatic heterocycles. The Hall–Kier alpha value is -1.94. The zero-order chi connectivity index (χ0) is 67.2. The van der Waals surface area contributed by atoms with Crippen LogP contribution in [-0.2, 0) is 65.4 Å². The number of phosphoric ester groups is 2. The lowest BCUT2D eigenvalue weighted by atomic mass is 9.99. The van der Waals surface area contributed by atoms with Crippen molar-refractivity contribution in [2.45, 2.75) is 387 Å². The van der Waals surface area contributed by atoms with E-state index in [1.54, 1.807) is 0 Å². The van der Waals surface area contributed by atoms with E-state index in [1.165, 1.54) is 186 Å². The summed E-state index contributed by atoms with van der Waals surface area (Å²) in [6, 6.07) is 0. The van der Waals surface area contributed by atoms with Crippen LogP contribution in [0.3, 0.4) is 0 Å². The number of hydrogen-bond donors (Lipinski definition) is 3. The van der Waals surface area contributed by atoms with E-state index in [9.17, 15) is 43.2 Å². The Kier molecular flexibility index (Phi) is 62.7. The van der Waals surface area contributed by atoms with Gasteiger partial charge in [-0.15, -0.1) is 0 Å². The number of ether oxygens (including phenoxy) is 4. The van der Waals surface area contributed by atoms with E-state index < -0.39 is 97.5 Å². The minimum absolute atomic E-state index is 0.107. The Balaban J connectivity index is 5.26. The number of phosphoric acid groups is 2. The Morgan fingerprint density at radius 3 is 0.835 bits per heavy atom. The van der Waals surface area contributed by atoms with Crippen molar-refractivity contribution in [2.75, 3.05) is 39.6 Å². The molecule has 0 aliphatic carbocycles. The SMILES string of the molecule is CCCCCCCCCCCCCCC(=O)O[C@H](COC(=O)CCCCCCCCCCCC)COP(=O)(O)OC[C@H](O)COP(=O)(O)OC[C@@H](COC(=O)CCCCCCCCCCCCC(C)CC)OC(=O)CCCCCCCCCCCCCCC(C)C. The monoisotopic (exact) mass is 1340 g/mol. The zero-order valence-electron chi connectivity index (χ0n) is 59.1. The highest BCUT2D eigenvalue weighted by Gasteiger charge is 2.30. The maximum absolute atomic E-state index is 13.0. The first kappa shape index (κ1) is 89.1. The van der Waals surface area contributed by atoms with Crippen LogP contribution in [0.4, 0.5) is 0 Å². The van der Waals surface area contributed by atoms with Crippen LogP contribution in [0, 0.1) is 11.8 Å². The maximum atomic E-state index is 13.0. The number of unbranched alkanes of at least 4 members (excludes halogenated alkanes) is 40. The number of rotatable bonds is 71. The van der Waals surface area contributed by atoms with Gasteiger partial charge in [0, 0.05) is 25.7 Å². The van der Waals surface area contributed by atoms with Gasteiger partial charge in [-0.25, -0.2) is 9.13 Å². The van der Waals surface area contributed by atoms with Gasteiger partial charge in [-0.2, -0.15) is 0 Å². The van der Waals surface area contributed by atoms with Gasteiger partial charge >= 0.3 is 39.5 Å². The van der Waals surface area contributed by atoms with Crippen molar-refractivity contribution < 1.29 is 80.2 Å². The van der Waals surface area contributed by atoms with Crippen LogP contribution >= 0.6 is 15.6 Å². The van der Waals surface area contributed by atoms with Gasteiger partial charge in [-0.05, 0) is 37.5 Å². The molecule has 540 valence electrons. The smallest absolute Gasteiger partial charge is 0.462 e. The minimum atomic E-state index is -4.95. The molecule has 0 aromatic carbocycles. The Bertz CT molecular complexity index is 1770. The van der Waals surface area contributed by atoms with Crippen LogP contribution in [0.2, 0.25) is 0 Å². The molecule has 3 N–H and O–H groups in total. The number of hydrogen-bond acceptors (Lipinski definition) is 15. The van der Waals surface area contributed by atoms with E-state index in [0.29, 0.717) is 25.7 Å². The zero-order valence-corrected chi connectivity index (χ0v) is 60.9. The summed E-state index contributed by atoms with van der Waals surface area (Å²) < 4.78 is 68.4. The van der Waals surface area contributed by atoms with Gasteiger partial charge in [0.05, 0.1) is 26.4 Å². The van der Waals surface area contributed by atoms with E-state index >= 15 is 0 Å². The highest BCUT2D eigenvalue weighted by molar-refractivity contribution is 7.47. The van der Waals surface area contributed by atoms with Gasteiger partial charge in [-0.1, -0.05) is 318 Å².